The lowest BCUT2D eigenvalue weighted by atomic mass is 9.99. The van der Waals surface area contributed by atoms with E-state index in [2.05, 4.69) is 22.9 Å². The van der Waals surface area contributed by atoms with Crippen LogP contribution in [0.1, 0.15) is 23.6 Å². The molecule has 0 saturated carbocycles. The maximum atomic E-state index is 11.3. The summed E-state index contributed by atoms with van der Waals surface area (Å²) in [5.74, 6) is 0.133. The predicted molar refractivity (Wildman–Crippen MR) is 64.2 cm³/mol. The molecule has 0 aliphatic rings. The van der Waals surface area contributed by atoms with E-state index in [0.717, 1.165) is 17.5 Å². The molecule has 0 bridgehead atoms. The van der Waals surface area contributed by atoms with Gasteiger partial charge in [0.15, 0.2) is 0 Å². The van der Waals surface area contributed by atoms with E-state index in [1.807, 2.05) is 18.2 Å². The topological polar surface area (TPSA) is 37.3 Å². The van der Waals surface area contributed by atoms with E-state index < -0.39 is 0 Å². The number of halogens is 1. The van der Waals surface area contributed by atoms with Crippen molar-refractivity contribution in [2.45, 2.75) is 26.4 Å². The summed E-state index contributed by atoms with van der Waals surface area (Å²) in [5, 5.41) is 9.57. The number of Topliss-reactive ketones (excluding diaryl/α,β-unsaturated/α-hetero) is 1. The molecule has 82 valence electrons. The number of aliphatic hydroxyl groups is 1. The van der Waals surface area contributed by atoms with Crippen molar-refractivity contribution in [2.24, 2.45) is 0 Å². The van der Waals surface area contributed by atoms with Crippen molar-refractivity contribution < 1.29 is 9.90 Å². The standard InChI is InChI=1S/C12H15BrO2/c1-2-9-3-4-10(6-12(15)7-13)11(5-9)8-14/h3-5,14H,2,6-8H2,1H3. The molecule has 15 heavy (non-hydrogen) atoms. The number of aliphatic hydroxyl groups excluding tert-OH is 1. The van der Waals surface area contributed by atoms with Crippen LogP contribution in [0.2, 0.25) is 0 Å². The van der Waals surface area contributed by atoms with E-state index in [0.29, 0.717) is 11.8 Å². The van der Waals surface area contributed by atoms with Gasteiger partial charge in [-0.1, -0.05) is 41.1 Å². The maximum absolute atomic E-state index is 11.3. The fourth-order valence-electron chi connectivity index (χ4n) is 1.48. The van der Waals surface area contributed by atoms with Gasteiger partial charge in [0, 0.05) is 6.42 Å². The second kappa shape index (κ2) is 6.03. The van der Waals surface area contributed by atoms with Gasteiger partial charge in [0.2, 0.25) is 0 Å². The molecule has 0 amide bonds. The highest BCUT2D eigenvalue weighted by Crippen LogP contribution is 2.14. The van der Waals surface area contributed by atoms with Crippen LogP contribution in [0.4, 0.5) is 0 Å². The van der Waals surface area contributed by atoms with Crippen LogP contribution < -0.4 is 0 Å². The molecule has 2 nitrogen and oxygen atoms in total. The number of carbonyl (C=O) groups excluding carboxylic acids is 1. The van der Waals surface area contributed by atoms with Crippen LogP contribution in [0.25, 0.3) is 0 Å². The van der Waals surface area contributed by atoms with Gasteiger partial charge < -0.3 is 5.11 Å². The summed E-state index contributed by atoms with van der Waals surface area (Å²) in [6, 6.07) is 5.91. The van der Waals surface area contributed by atoms with Crippen LogP contribution >= 0.6 is 15.9 Å². The summed E-state index contributed by atoms with van der Waals surface area (Å²) < 4.78 is 0. The molecule has 0 radical (unpaired) electrons. The lowest BCUT2D eigenvalue weighted by molar-refractivity contribution is -0.115. The van der Waals surface area contributed by atoms with Gasteiger partial charge in [-0.15, -0.1) is 0 Å². The van der Waals surface area contributed by atoms with E-state index >= 15 is 0 Å². The Labute approximate surface area is 98.4 Å². The number of aryl methyl sites for hydroxylation is 1. The molecular weight excluding hydrogens is 256 g/mol. The first-order valence-electron chi connectivity index (χ1n) is 5.00. The summed E-state index contributed by atoms with van der Waals surface area (Å²) >= 11 is 3.13. The van der Waals surface area contributed by atoms with Gasteiger partial charge in [-0.25, -0.2) is 0 Å². The molecule has 1 N–H and O–H groups in total. The number of hydrogen-bond donors (Lipinski definition) is 1. The summed E-state index contributed by atoms with van der Waals surface area (Å²) in [6.07, 6.45) is 1.34. The van der Waals surface area contributed by atoms with Crippen LogP contribution in [-0.4, -0.2) is 16.2 Å². The summed E-state index contributed by atoms with van der Waals surface area (Å²) in [5.41, 5.74) is 2.98. The molecule has 3 heteroatoms. The molecule has 0 aliphatic heterocycles. The second-order valence-corrected chi connectivity index (χ2v) is 4.02. The Morgan fingerprint density at radius 1 is 1.40 bits per heavy atom. The van der Waals surface area contributed by atoms with Crippen molar-refractivity contribution in [1.29, 1.82) is 0 Å². The van der Waals surface area contributed by atoms with E-state index in [1.165, 1.54) is 5.56 Å². The van der Waals surface area contributed by atoms with E-state index in [4.69, 9.17) is 0 Å². The molecular formula is C12H15BrO2. The minimum Gasteiger partial charge on any atom is -0.392 e. The van der Waals surface area contributed by atoms with E-state index in [9.17, 15) is 9.90 Å². The lowest BCUT2D eigenvalue weighted by Crippen LogP contribution is -2.06. The minimum absolute atomic E-state index is 0.00125. The van der Waals surface area contributed by atoms with Crippen LogP contribution in [0.3, 0.4) is 0 Å². The van der Waals surface area contributed by atoms with Crippen LogP contribution in [-0.2, 0) is 24.2 Å². The number of alkyl halides is 1. The van der Waals surface area contributed by atoms with Crippen molar-refractivity contribution in [3.05, 3.63) is 34.9 Å². The average Bonchev–Trinajstić information content (AvgIpc) is 2.29. The number of carbonyl (C=O) groups is 1. The molecule has 0 aromatic heterocycles. The fraction of sp³-hybridized carbons (Fsp3) is 0.417. The molecule has 0 atom stereocenters. The van der Waals surface area contributed by atoms with Gasteiger partial charge >= 0.3 is 0 Å². The Balaban J connectivity index is 2.92. The van der Waals surface area contributed by atoms with Gasteiger partial charge in [-0.2, -0.15) is 0 Å². The first kappa shape index (κ1) is 12.4. The maximum Gasteiger partial charge on any atom is 0.147 e. The summed E-state index contributed by atoms with van der Waals surface area (Å²) in [4.78, 5) is 11.3. The quantitative estimate of drug-likeness (QED) is 0.834. The Morgan fingerprint density at radius 2 is 2.13 bits per heavy atom. The molecule has 0 fully saturated rings. The third-order valence-corrected chi connectivity index (χ3v) is 3.01. The number of benzene rings is 1. The first-order valence-corrected chi connectivity index (χ1v) is 6.12. The number of rotatable bonds is 5. The van der Waals surface area contributed by atoms with Gasteiger partial charge in [-0.05, 0) is 23.1 Å². The third kappa shape index (κ3) is 3.43. The van der Waals surface area contributed by atoms with Crippen molar-refractivity contribution in [1.82, 2.24) is 0 Å². The Bertz CT molecular complexity index is 347. The predicted octanol–water partition coefficient (Wildman–Crippen LogP) is 2.25. The van der Waals surface area contributed by atoms with Gasteiger partial charge in [0.1, 0.15) is 5.78 Å². The highest BCUT2D eigenvalue weighted by atomic mass is 79.9. The third-order valence-electron chi connectivity index (χ3n) is 2.39. The lowest BCUT2D eigenvalue weighted by Gasteiger charge is -2.08. The van der Waals surface area contributed by atoms with Gasteiger partial charge in [0.05, 0.1) is 11.9 Å². The SMILES string of the molecule is CCc1ccc(CC(=O)CBr)c(CO)c1. The van der Waals surface area contributed by atoms with Crippen molar-refractivity contribution in [3.63, 3.8) is 0 Å². The van der Waals surface area contributed by atoms with Crippen molar-refractivity contribution in [3.8, 4) is 0 Å². The highest BCUT2D eigenvalue weighted by Gasteiger charge is 2.07. The highest BCUT2D eigenvalue weighted by molar-refractivity contribution is 9.09. The zero-order valence-electron chi connectivity index (χ0n) is 8.79. The molecule has 0 heterocycles. The Morgan fingerprint density at radius 3 is 2.67 bits per heavy atom. The van der Waals surface area contributed by atoms with Crippen molar-refractivity contribution in [2.75, 3.05) is 5.33 Å². The largest absolute Gasteiger partial charge is 0.392 e. The smallest absolute Gasteiger partial charge is 0.147 e. The van der Waals surface area contributed by atoms with Gasteiger partial charge in [-0.3, -0.25) is 4.79 Å². The van der Waals surface area contributed by atoms with Crippen LogP contribution in [0.15, 0.2) is 18.2 Å². The molecule has 0 aliphatic carbocycles. The molecule has 1 aromatic rings. The summed E-state index contributed by atoms with van der Waals surface area (Å²) in [6.45, 7) is 2.07. The monoisotopic (exact) mass is 270 g/mol. The molecule has 1 rings (SSSR count). The number of hydrogen-bond acceptors (Lipinski definition) is 2. The summed E-state index contributed by atoms with van der Waals surface area (Å²) in [7, 11) is 0. The Kier molecular flexibility index (Phi) is 4.99. The number of ketones is 1. The first-order chi connectivity index (χ1) is 7.21. The molecule has 0 saturated heterocycles. The fourth-order valence-corrected chi connectivity index (χ4v) is 1.68. The molecule has 0 unspecified atom stereocenters. The average molecular weight is 271 g/mol. The van der Waals surface area contributed by atoms with Crippen LogP contribution in [0.5, 0.6) is 0 Å². The van der Waals surface area contributed by atoms with Crippen molar-refractivity contribution >= 4 is 21.7 Å². The minimum atomic E-state index is -0.00125. The van der Waals surface area contributed by atoms with Gasteiger partial charge in [0.25, 0.3) is 0 Å². The molecule has 1 aromatic carbocycles. The van der Waals surface area contributed by atoms with E-state index in [-0.39, 0.29) is 12.4 Å². The van der Waals surface area contributed by atoms with Crippen LogP contribution in [0, 0.1) is 0 Å². The normalized spacial score (nSPS) is 10.3. The zero-order chi connectivity index (χ0) is 11.3. The second-order valence-electron chi connectivity index (χ2n) is 3.46. The van der Waals surface area contributed by atoms with E-state index in [1.54, 1.807) is 0 Å². The Hall–Kier alpha value is -0.670. The zero-order valence-corrected chi connectivity index (χ0v) is 10.4. The molecule has 0 spiro atoms.